The monoisotopic (exact) mass is 354 g/mol. The van der Waals surface area contributed by atoms with E-state index in [1.165, 1.54) is 35.6 Å². The summed E-state index contributed by atoms with van der Waals surface area (Å²) in [5, 5.41) is 15.4. The van der Waals surface area contributed by atoms with Crippen LogP contribution in [0.3, 0.4) is 0 Å². The van der Waals surface area contributed by atoms with E-state index in [-0.39, 0.29) is 11.6 Å². The van der Waals surface area contributed by atoms with E-state index in [2.05, 4.69) is 5.32 Å². The van der Waals surface area contributed by atoms with Gasteiger partial charge in [0.1, 0.15) is 11.5 Å². The lowest BCUT2D eigenvalue weighted by Gasteiger charge is -2.08. The molecular weight excluding hydrogens is 340 g/mol. The smallest absolute Gasteiger partial charge is 0.269 e. The number of carbonyl (C=O) groups is 1. The Bertz CT molecular complexity index is 902. The molecule has 0 fully saturated rings. The van der Waals surface area contributed by atoms with Gasteiger partial charge in [0, 0.05) is 17.8 Å². The average molecular weight is 354 g/mol. The van der Waals surface area contributed by atoms with Crippen LogP contribution in [0.4, 0.5) is 11.4 Å². The lowest BCUT2D eigenvalue weighted by Crippen LogP contribution is -2.11. The molecule has 0 radical (unpaired) electrons. The van der Waals surface area contributed by atoms with Crippen molar-refractivity contribution in [2.75, 3.05) is 5.32 Å². The summed E-state index contributed by atoms with van der Waals surface area (Å²) in [6.07, 6.45) is 0. The molecule has 0 unspecified atom stereocenters. The second-order valence-electron chi connectivity index (χ2n) is 5.26. The molecule has 0 bridgehead atoms. The van der Waals surface area contributed by atoms with E-state index >= 15 is 0 Å². The fourth-order valence-corrected chi connectivity index (χ4v) is 2.99. The van der Waals surface area contributed by atoms with Crippen molar-refractivity contribution in [1.29, 1.82) is 0 Å². The third kappa shape index (κ3) is 4.02. The zero-order valence-corrected chi connectivity index (χ0v) is 14.1. The molecule has 0 aliphatic heterocycles. The van der Waals surface area contributed by atoms with Crippen LogP contribution >= 0.6 is 11.3 Å². The van der Waals surface area contributed by atoms with Gasteiger partial charge in [-0.3, -0.25) is 14.9 Å². The first-order chi connectivity index (χ1) is 12.0. The minimum Gasteiger partial charge on any atom is -0.457 e. The predicted molar refractivity (Wildman–Crippen MR) is 96.6 cm³/mol. The lowest BCUT2D eigenvalue weighted by atomic mass is 10.2. The second-order valence-corrected chi connectivity index (χ2v) is 6.18. The molecule has 3 rings (SSSR count). The van der Waals surface area contributed by atoms with Gasteiger partial charge in [-0.1, -0.05) is 0 Å². The number of hydrogen-bond donors (Lipinski definition) is 1. The molecule has 1 N–H and O–H groups in total. The summed E-state index contributed by atoms with van der Waals surface area (Å²) in [6, 6.07) is 14.7. The van der Waals surface area contributed by atoms with Crippen LogP contribution in [-0.4, -0.2) is 10.8 Å². The largest absolute Gasteiger partial charge is 0.457 e. The van der Waals surface area contributed by atoms with Gasteiger partial charge in [-0.2, -0.15) is 0 Å². The number of anilines is 1. The summed E-state index contributed by atoms with van der Waals surface area (Å²) >= 11 is 1.40. The number of thiophene rings is 1. The van der Waals surface area contributed by atoms with Crippen molar-refractivity contribution in [3.8, 4) is 11.5 Å². The van der Waals surface area contributed by atoms with Gasteiger partial charge >= 0.3 is 0 Å². The molecule has 0 atom stereocenters. The van der Waals surface area contributed by atoms with Crippen molar-refractivity contribution in [1.82, 2.24) is 0 Å². The molecular formula is C18H14N2O4S. The molecule has 2 aromatic carbocycles. The number of rotatable bonds is 5. The number of nitrogens with one attached hydrogen (secondary N) is 1. The summed E-state index contributed by atoms with van der Waals surface area (Å²) in [6.45, 7) is 1.90. The standard InChI is InChI=1S/C18H14N2O4S/c1-12-10-11-25-17(12)18(21)19-13-2-6-15(7-3-13)24-16-8-4-14(5-9-16)20(22)23/h2-11H,1H3,(H,19,21). The molecule has 0 aliphatic carbocycles. The third-order valence-electron chi connectivity index (χ3n) is 3.46. The molecule has 6 nitrogen and oxygen atoms in total. The van der Waals surface area contributed by atoms with E-state index in [0.29, 0.717) is 22.1 Å². The van der Waals surface area contributed by atoms with Gasteiger partial charge < -0.3 is 10.1 Å². The van der Waals surface area contributed by atoms with Crippen molar-refractivity contribution >= 4 is 28.6 Å². The Labute approximate surface area is 147 Å². The number of benzene rings is 2. The number of hydrogen-bond acceptors (Lipinski definition) is 5. The molecule has 1 amide bonds. The molecule has 0 aliphatic rings. The van der Waals surface area contributed by atoms with Gasteiger partial charge in [-0.15, -0.1) is 11.3 Å². The minimum absolute atomic E-state index is 0.00859. The summed E-state index contributed by atoms with van der Waals surface area (Å²) in [4.78, 5) is 23.0. The van der Waals surface area contributed by atoms with E-state index in [1.807, 2.05) is 18.4 Å². The van der Waals surface area contributed by atoms with Crippen molar-refractivity contribution < 1.29 is 14.5 Å². The van der Waals surface area contributed by atoms with Crippen molar-refractivity contribution in [3.63, 3.8) is 0 Å². The van der Waals surface area contributed by atoms with Crippen LogP contribution in [-0.2, 0) is 0 Å². The maximum atomic E-state index is 12.2. The molecule has 126 valence electrons. The van der Waals surface area contributed by atoms with Crippen LogP contribution < -0.4 is 10.1 Å². The Kier molecular flexibility index (Phi) is 4.76. The van der Waals surface area contributed by atoms with Gasteiger partial charge in [0.15, 0.2) is 0 Å². The first-order valence-corrected chi connectivity index (χ1v) is 8.29. The van der Waals surface area contributed by atoms with E-state index < -0.39 is 4.92 Å². The number of carbonyl (C=O) groups excluding carboxylic acids is 1. The predicted octanol–water partition coefficient (Wildman–Crippen LogP) is 5.01. The topological polar surface area (TPSA) is 81.5 Å². The van der Waals surface area contributed by atoms with Gasteiger partial charge in [-0.05, 0) is 60.3 Å². The van der Waals surface area contributed by atoms with E-state index in [1.54, 1.807) is 24.3 Å². The van der Waals surface area contributed by atoms with Gasteiger partial charge in [-0.25, -0.2) is 0 Å². The Morgan fingerprint density at radius 1 is 1.04 bits per heavy atom. The van der Waals surface area contributed by atoms with Gasteiger partial charge in [0.2, 0.25) is 0 Å². The van der Waals surface area contributed by atoms with Crippen LogP contribution in [0.1, 0.15) is 15.2 Å². The average Bonchev–Trinajstić information content (AvgIpc) is 3.03. The van der Waals surface area contributed by atoms with Gasteiger partial charge in [0.25, 0.3) is 11.6 Å². The van der Waals surface area contributed by atoms with Crippen LogP contribution in [0.2, 0.25) is 0 Å². The fraction of sp³-hybridized carbons (Fsp3) is 0.0556. The summed E-state index contributed by atoms with van der Waals surface area (Å²) < 4.78 is 5.63. The number of aryl methyl sites for hydroxylation is 1. The Balaban J connectivity index is 1.65. The maximum Gasteiger partial charge on any atom is 0.269 e. The molecule has 0 saturated heterocycles. The highest BCUT2D eigenvalue weighted by molar-refractivity contribution is 7.12. The molecule has 0 spiro atoms. The number of nitro benzene ring substituents is 1. The zero-order valence-electron chi connectivity index (χ0n) is 13.3. The number of nitro groups is 1. The molecule has 1 aromatic heterocycles. The van der Waals surface area contributed by atoms with Crippen LogP contribution in [0.5, 0.6) is 11.5 Å². The SMILES string of the molecule is Cc1ccsc1C(=O)Nc1ccc(Oc2ccc([N+](=O)[O-])cc2)cc1. The molecule has 7 heteroatoms. The Morgan fingerprint density at radius 2 is 1.64 bits per heavy atom. The maximum absolute atomic E-state index is 12.2. The summed E-state index contributed by atoms with van der Waals surface area (Å²) in [5.41, 5.74) is 1.61. The van der Waals surface area contributed by atoms with E-state index in [4.69, 9.17) is 4.74 Å². The Morgan fingerprint density at radius 3 is 2.16 bits per heavy atom. The van der Waals surface area contributed by atoms with Crippen LogP contribution in [0.25, 0.3) is 0 Å². The number of nitrogens with zero attached hydrogens (tertiary/aromatic N) is 1. The first kappa shape index (κ1) is 16.7. The normalized spacial score (nSPS) is 10.3. The molecule has 3 aromatic rings. The highest BCUT2D eigenvalue weighted by Crippen LogP contribution is 2.25. The molecule has 1 heterocycles. The fourth-order valence-electron chi connectivity index (χ4n) is 2.17. The highest BCUT2D eigenvalue weighted by Gasteiger charge is 2.10. The van der Waals surface area contributed by atoms with Crippen molar-refractivity contribution in [2.24, 2.45) is 0 Å². The summed E-state index contributed by atoms with van der Waals surface area (Å²) in [7, 11) is 0. The molecule has 25 heavy (non-hydrogen) atoms. The third-order valence-corrected chi connectivity index (χ3v) is 4.48. The lowest BCUT2D eigenvalue weighted by molar-refractivity contribution is -0.384. The van der Waals surface area contributed by atoms with E-state index in [0.717, 1.165) is 5.56 Å². The van der Waals surface area contributed by atoms with Crippen molar-refractivity contribution in [2.45, 2.75) is 6.92 Å². The molecule has 0 saturated carbocycles. The summed E-state index contributed by atoms with van der Waals surface area (Å²) in [5.74, 6) is 0.923. The van der Waals surface area contributed by atoms with Crippen LogP contribution in [0, 0.1) is 17.0 Å². The second kappa shape index (κ2) is 7.14. The number of ether oxygens (including phenoxy) is 1. The first-order valence-electron chi connectivity index (χ1n) is 7.41. The quantitative estimate of drug-likeness (QED) is 0.516. The van der Waals surface area contributed by atoms with Gasteiger partial charge in [0.05, 0.1) is 9.80 Å². The van der Waals surface area contributed by atoms with Crippen LogP contribution in [0.15, 0.2) is 60.0 Å². The Hall–Kier alpha value is -3.19. The highest BCUT2D eigenvalue weighted by atomic mass is 32.1. The van der Waals surface area contributed by atoms with E-state index in [9.17, 15) is 14.9 Å². The minimum atomic E-state index is -0.462. The number of amides is 1. The zero-order chi connectivity index (χ0) is 17.8. The number of non-ortho nitro benzene ring substituents is 1. The van der Waals surface area contributed by atoms with Crippen molar-refractivity contribution in [3.05, 3.63) is 80.5 Å².